The second-order valence-electron chi connectivity index (χ2n) is 6.94. The van der Waals surface area contributed by atoms with Crippen LogP contribution in [0.4, 0.5) is 0 Å². The third-order valence-corrected chi connectivity index (χ3v) is 6.65. The van der Waals surface area contributed by atoms with Crippen molar-refractivity contribution >= 4 is 32.6 Å². The Morgan fingerprint density at radius 3 is 2.59 bits per heavy atom. The predicted molar refractivity (Wildman–Crippen MR) is 120 cm³/mol. The predicted octanol–water partition coefficient (Wildman–Crippen LogP) is 3.84. The van der Waals surface area contributed by atoms with Gasteiger partial charge in [-0.15, -0.1) is 0 Å². The molecule has 0 aliphatic heterocycles. The van der Waals surface area contributed by atoms with Crippen LogP contribution in [0.1, 0.15) is 16.7 Å². The van der Waals surface area contributed by atoms with E-state index < -0.39 is 15.6 Å². The van der Waals surface area contributed by atoms with Crippen molar-refractivity contribution in [1.29, 1.82) is 0 Å². The first-order chi connectivity index (χ1) is 15.3. The van der Waals surface area contributed by atoms with Crippen LogP contribution in [0, 0.1) is 6.92 Å². The molecule has 0 unspecified atom stereocenters. The number of nitrogens with zero attached hydrogens (tertiary/aromatic N) is 2. The molecule has 2 aromatic carbocycles. The van der Waals surface area contributed by atoms with Crippen LogP contribution >= 0.6 is 11.6 Å². The summed E-state index contributed by atoms with van der Waals surface area (Å²) in [6.07, 6.45) is 3.26. The summed E-state index contributed by atoms with van der Waals surface area (Å²) in [5.41, 5.74) is 1.53. The van der Waals surface area contributed by atoms with E-state index in [-0.39, 0.29) is 23.1 Å². The molecule has 0 saturated heterocycles. The van der Waals surface area contributed by atoms with Crippen LogP contribution in [0.25, 0.3) is 11.0 Å². The van der Waals surface area contributed by atoms with Crippen LogP contribution in [-0.4, -0.2) is 25.4 Å². The SMILES string of the molecule is CNS(=O)(=O)c1cccc(Cc2c(C)c3cc(Cl)c(Oc4ncccn4)cc3oc2=O)c1. The fourth-order valence-electron chi connectivity index (χ4n) is 3.25. The van der Waals surface area contributed by atoms with Gasteiger partial charge >= 0.3 is 11.6 Å². The number of aryl methyl sites for hydroxylation is 1. The molecular weight excluding hydrogens is 454 g/mol. The molecular formula is C22H18ClN3O5S. The lowest BCUT2D eigenvalue weighted by Crippen LogP contribution is -2.18. The van der Waals surface area contributed by atoms with Crippen molar-refractivity contribution in [2.24, 2.45) is 0 Å². The molecule has 0 radical (unpaired) electrons. The van der Waals surface area contributed by atoms with Crippen LogP contribution in [0.15, 0.2) is 69.0 Å². The summed E-state index contributed by atoms with van der Waals surface area (Å²) in [5.74, 6) is 0.255. The molecule has 0 bridgehead atoms. The Morgan fingerprint density at radius 2 is 1.88 bits per heavy atom. The van der Waals surface area contributed by atoms with Gasteiger partial charge in [0.1, 0.15) is 5.58 Å². The molecule has 0 saturated carbocycles. The zero-order valence-corrected chi connectivity index (χ0v) is 18.7. The van der Waals surface area contributed by atoms with E-state index in [1.807, 2.05) is 0 Å². The quantitative estimate of drug-likeness (QED) is 0.425. The van der Waals surface area contributed by atoms with Crippen molar-refractivity contribution in [1.82, 2.24) is 14.7 Å². The lowest BCUT2D eigenvalue weighted by Gasteiger charge is -2.11. The van der Waals surface area contributed by atoms with Gasteiger partial charge < -0.3 is 9.15 Å². The Morgan fingerprint density at radius 1 is 1.12 bits per heavy atom. The summed E-state index contributed by atoms with van der Waals surface area (Å²) in [6, 6.07) is 11.3. The van der Waals surface area contributed by atoms with E-state index in [0.717, 1.165) is 0 Å². The molecule has 4 rings (SSSR count). The normalized spacial score (nSPS) is 11.6. The molecule has 2 heterocycles. The van der Waals surface area contributed by atoms with Crippen molar-refractivity contribution in [3.8, 4) is 11.8 Å². The Balaban J connectivity index is 1.74. The third-order valence-electron chi connectivity index (χ3n) is 4.94. The summed E-state index contributed by atoms with van der Waals surface area (Å²) < 4.78 is 37.6. The van der Waals surface area contributed by atoms with E-state index >= 15 is 0 Å². The summed E-state index contributed by atoms with van der Waals surface area (Å²) in [6.45, 7) is 1.79. The number of fused-ring (bicyclic) bond motifs is 1. The minimum Gasteiger partial charge on any atom is -0.423 e. The van der Waals surface area contributed by atoms with Gasteiger partial charge in [0.25, 0.3) is 0 Å². The molecule has 32 heavy (non-hydrogen) atoms. The Hall–Kier alpha value is -3.27. The molecule has 8 nitrogen and oxygen atoms in total. The third kappa shape index (κ3) is 4.36. The van der Waals surface area contributed by atoms with E-state index in [2.05, 4.69) is 14.7 Å². The zero-order chi connectivity index (χ0) is 22.9. The number of hydrogen-bond donors (Lipinski definition) is 1. The fourth-order valence-corrected chi connectivity index (χ4v) is 4.26. The molecule has 0 aliphatic rings. The number of sulfonamides is 1. The molecule has 10 heteroatoms. The first-order valence-electron chi connectivity index (χ1n) is 9.51. The molecule has 0 spiro atoms. The van der Waals surface area contributed by atoms with Gasteiger partial charge in [0.05, 0.1) is 9.92 Å². The number of benzene rings is 2. The Labute approximate surface area is 188 Å². The van der Waals surface area contributed by atoms with Gasteiger partial charge in [-0.1, -0.05) is 23.7 Å². The second-order valence-corrected chi connectivity index (χ2v) is 9.23. The molecule has 0 fully saturated rings. The molecule has 1 N–H and O–H groups in total. The van der Waals surface area contributed by atoms with Crippen molar-refractivity contribution in [3.05, 3.63) is 87.0 Å². The number of ether oxygens (including phenoxy) is 1. The standard InChI is InChI=1S/C22H18ClN3O5S/c1-13-16-11-18(23)20(31-22-25-7-4-8-26-22)12-19(16)30-21(27)17(13)10-14-5-3-6-15(9-14)32(28,29)24-2/h3-9,11-12,24H,10H2,1-2H3. The maximum absolute atomic E-state index is 12.8. The van der Waals surface area contributed by atoms with E-state index in [9.17, 15) is 13.2 Å². The smallest absolute Gasteiger partial charge is 0.340 e. The summed E-state index contributed by atoms with van der Waals surface area (Å²) in [5, 5.41) is 0.944. The van der Waals surface area contributed by atoms with E-state index in [1.165, 1.54) is 37.6 Å². The number of nitrogens with one attached hydrogen (secondary N) is 1. The highest BCUT2D eigenvalue weighted by atomic mass is 35.5. The Bertz CT molecular complexity index is 1470. The largest absolute Gasteiger partial charge is 0.423 e. The van der Waals surface area contributed by atoms with Gasteiger partial charge in [-0.25, -0.2) is 27.9 Å². The molecule has 0 aliphatic carbocycles. The Kier molecular flexibility index (Phi) is 5.96. The van der Waals surface area contributed by atoms with Gasteiger partial charge in [0.15, 0.2) is 5.75 Å². The fraction of sp³-hybridized carbons (Fsp3) is 0.136. The first kappa shape index (κ1) is 21.9. The van der Waals surface area contributed by atoms with Gasteiger partial charge in [-0.05, 0) is 49.4 Å². The molecule has 2 aromatic heterocycles. The number of halogens is 1. The maximum atomic E-state index is 12.8. The van der Waals surface area contributed by atoms with Crippen LogP contribution in [0.3, 0.4) is 0 Å². The minimum atomic E-state index is -3.60. The van der Waals surface area contributed by atoms with Crippen LogP contribution < -0.4 is 15.1 Å². The summed E-state index contributed by atoms with van der Waals surface area (Å²) >= 11 is 6.39. The molecule has 0 amide bonds. The van der Waals surface area contributed by atoms with Gasteiger partial charge in [-0.3, -0.25) is 0 Å². The van der Waals surface area contributed by atoms with Crippen LogP contribution in [-0.2, 0) is 16.4 Å². The highest BCUT2D eigenvalue weighted by Gasteiger charge is 2.17. The monoisotopic (exact) mass is 471 g/mol. The molecule has 4 aromatic rings. The van der Waals surface area contributed by atoms with Gasteiger partial charge in [-0.2, -0.15) is 0 Å². The van der Waals surface area contributed by atoms with Crippen molar-refractivity contribution in [2.75, 3.05) is 7.05 Å². The highest BCUT2D eigenvalue weighted by Crippen LogP contribution is 2.34. The van der Waals surface area contributed by atoms with Crippen molar-refractivity contribution in [2.45, 2.75) is 18.2 Å². The molecule has 0 atom stereocenters. The second kappa shape index (κ2) is 8.70. The lowest BCUT2D eigenvalue weighted by molar-refractivity contribution is 0.441. The van der Waals surface area contributed by atoms with E-state index in [1.54, 1.807) is 31.2 Å². The number of hydrogen-bond acceptors (Lipinski definition) is 7. The zero-order valence-electron chi connectivity index (χ0n) is 17.1. The van der Waals surface area contributed by atoms with Crippen molar-refractivity contribution in [3.63, 3.8) is 0 Å². The van der Waals surface area contributed by atoms with Gasteiger partial charge in [0, 0.05) is 35.8 Å². The minimum absolute atomic E-state index is 0.112. The molecule has 164 valence electrons. The van der Waals surface area contributed by atoms with Gasteiger partial charge in [0.2, 0.25) is 10.0 Å². The lowest BCUT2D eigenvalue weighted by atomic mass is 9.99. The van der Waals surface area contributed by atoms with E-state index in [4.69, 9.17) is 20.8 Å². The van der Waals surface area contributed by atoms with Crippen molar-refractivity contribution < 1.29 is 17.6 Å². The topological polar surface area (TPSA) is 111 Å². The average molecular weight is 472 g/mol. The van der Waals surface area contributed by atoms with Crippen LogP contribution in [0.2, 0.25) is 5.02 Å². The average Bonchev–Trinajstić information content (AvgIpc) is 2.79. The van der Waals surface area contributed by atoms with E-state index in [0.29, 0.717) is 32.7 Å². The highest BCUT2D eigenvalue weighted by molar-refractivity contribution is 7.89. The van der Waals surface area contributed by atoms with Crippen LogP contribution in [0.5, 0.6) is 11.8 Å². The number of rotatable bonds is 6. The maximum Gasteiger partial charge on any atom is 0.340 e. The summed E-state index contributed by atoms with van der Waals surface area (Å²) in [7, 11) is -2.25. The first-order valence-corrected chi connectivity index (χ1v) is 11.4. The summed E-state index contributed by atoms with van der Waals surface area (Å²) in [4.78, 5) is 20.9. The number of aromatic nitrogens is 2.